The van der Waals surface area contributed by atoms with E-state index in [2.05, 4.69) is 163 Å². The van der Waals surface area contributed by atoms with Crippen molar-refractivity contribution < 1.29 is 0 Å². The molecule has 7 aromatic carbocycles. The minimum absolute atomic E-state index is 0.690. The van der Waals surface area contributed by atoms with Crippen molar-refractivity contribution in [3.63, 3.8) is 0 Å². The van der Waals surface area contributed by atoms with Crippen LogP contribution in [0.4, 0.5) is 0 Å². The Labute approximate surface area is 323 Å². The summed E-state index contributed by atoms with van der Waals surface area (Å²) in [5.41, 5.74) is 14.0. The molecule has 0 atom stereocenters. The van der Waals surface area contributed by atoms with Gasteiger partial charge in [0.25, 0.3) is 0 Å². The van der Waals surface area contributed by atoms with Gasteiger partial charge in [0.15, 0.2) is 5.82 Å². The zero-order chi connectivity index (χ0) is 36.6. The monoisotopic (exact) mass is 719 g/mol. The molecular formula is C51H33N3S. The highest BCUT2D eigenvalue weighted by Crippen LogP contribution is 2.40. The van der Waals surface area contributed by atoms with E-state index in [4.69, 9.17) is 9.97 Å². The van der Waals surface area contributed by atoms with Crippen molar-refractivity contribution in [2.45, 2.75) is 0 Å². The molecule has 0 aliphatic heterocycles. The van der Waals surface area contributed by atoms with Gasteiger partial charge < -0.3 is 0 Å². The summed E-state index contributed by atoms with van der Waals surface area (Å²) in [5.74, 6) is 0.690. The van der Waals surface area contributed by atoms with E-state index in [1.165, 1.54) is 36.9 Å². The lowest BCUT2D eigenvalue weighted by molar-refractivity contribution is 1.18. The van der Waals surface area contributed by atoms with Gasteiger partial charge >= 0.3 is 0 Å². The molecule has 3 heterocycles. The van der Waals surface area contributed by atoms with E-state index in [0.29, 0.717) is 5.82 Å². The van der Waals surface area contributed by atoms with Crippen molar-refractivity contribution in [3.8, 4) is 78.4 Å². The van der Waals surface area contributed by atoms with E-state index in [1.54, 1.807) is 0 Å². The lowest BCUT2D eigenvalue weighted by Gasteiger charge is -2.14. The first kappa shape index (κ1) is 32.6. The maximum Gasteiger partial charge on any atom is 0.160 e. The second-order valence-electron chi connectivity index (χ2n) is 13.7. The zero-order valence-corrected chi connectivity index (χ0v) is 30.6. The highest BCUT2D eigenvalue weighted by Gasteiger charge is 2.15. The molecule has 0 bridgehead atoms. The van der Waals surface area contributed by atoms with E-state index in [1.807, 2.05) is 54.1 Å². The van der Waals surface area contributed by atoms with Crippen molar-refractivity contribution >= 4 is 31.5 Å². The van der Waals surface area contributed by atoms with Crippen LogP contribution in [0, 0.1) is 0 Å². The molecule has 0 aliphatic carbocycles. The predicted octanol–water partition coefficient (Wildman–Crippen LogP) is 13.9. The summed E-state index contributed by atoms with van der Waals surface area (Å²) in [6.07, 6.45) is 3.65. The first-order valence-corrected chi connectivity index (χ1v) is 19.2. The fourth-order valence-electron chi connectivity index (χ4n) is 7.36. The first-order chi connectivity index (χ1) is 27.2. The Bertz CT molecular complexity index is 2950. The van der Waals surface area contributed by atoms with Gasteiger partial charge in [-0.15, -0.1) is 11.3 Å². The number of hydrogen-bond acceptors (Lipinski definition) is 4. The lowest BCUT2D eigenvalue weighted by atomic mass is 9.92. The number of fused-ring (bicyclic) bond motifs is 3. The van der Waals surface area contributed by atoms with Crippen LogP contribution in [0.3, 0.4) is 0 Å². The molecule has 0 radical (unpaired) electrons. The molecule has 0 saturated carbocycles. The Kier molecular flexibility index (Phi) is 8.36. The first-order valence-electron chi connectivity index (χ1n) is 18.4. The Morgan fingerprint density at radius 3 is 1.53 bits per heavy atom. The normalized spacial score (nSPS) is 11.3. The summed E-state index contributed by atoms with van der Waals surface area (Å²) in [6, 6.07) is 66.9. The van der Waals surface area contributed by atoms with Crippen LogP contribution in [0.15, 0.2) is 200 Å². The van der Waals surface area contributed by atoms with Crippen molar-refractivity contribution in [3.05, 3.63) is 200 Å². The lowest BCUT2D eigenvalue weighted by Crippen LogP contribution is -1.96. The Hall–Kier alpha value is -7.01. The minimum atomic E-state index is 0.690. The maximum atomic E-state index is 5.27. The summed E-state index contributed by atoms with van der Waals surface area (Å²) in [5, 5.41) is 2.57. The van der Waals surface area contributed by atoms with Crippen LogP contribution in [-0.2, 0) is 0 Å². The van der Waals surface area contributed by atoms with E-state index in [-0.39, 0.29) is 0 Å². The van der Waals surface area contributed by atoms with Gasteiger partial charge in [-0.3, -0.25) is 4.98 Å². The van der Waals surface area contributed by atoms with Crippen molar-refractivity contribution in [1.82, 2.24) is 15.0 Å². The number of hydrogen-bond donors (Lipinski definition) is 0. The quantitative estimate of drug-likeness (QED) is 0.165. The summed E-state index contributed by atoms with van der Waals surface area (Å²) in [4.78, 5) is 14.6. The molecule has 0 spiro atoms. The molecule has 3 nitrogen and oxygen atoms in total. The number of thiophene rings is 1. The van der Waals surface area contributed by atoms with Crippen LogP contribution in [0.5, 0.6) is 0 Å². The van der Waals surface area contributed by atoms with Gasteiger partial charge in [-0.05, 0) is 105 Å². The Morgan fingerprint density at radius 2 is 0.782 bits per heavy atom. The molecule has 55 heavy (non-hydrogen) atoms. The van der Waals surface area contributed by atoms with Crippen molar-refractivity contribution in [2.24, 2.45) is 0 Å². The third-order valence-electron chi connectivity index (χ3n) is 10.2. The number of pyridine rings is 1. The molecule has 0 fully saturated rings. The third kappa shape index (κ3) is 6.50. The summed E-state index contributed by atoms with van der Waals surface area (Å²) in [6.45, 7) is 0. The highest BCUT2D eigenvalue weighted by molar-refractivity contribution is 7.25. The van der Waals surface area contributed by atoms with Gasteiger partial charge in [0.2, 0.25) is 0 Å². The van der Waals surface area contributed by atoms with Gasteiger partial charge in [-0.1, -0.05) is 127 Å². The maximum absolute atomic E-state index is 5.27. The Balaban J connectivity index is 1.16. The summed E-state index contributed by atoms with van der Waals surface area (Å²) >= 11 is 1.84. The second kappa shape index (κ2) is 14.1. The molecular weight excluding hydrogens is 687 g/mol. The SMILES string of the molecule is c1ccc(-c2cccc(-c3cc(-c4ccc5sc6ccccc6c5c4)cc(-c4cc(-c5ccc(-c6ccncc6)cc5)nc(-c5ccccc5)n4)c3)c2)cc1. The molecule has 0 saturated heterocycles. The fourth-order valence-corrected chi connectivity index (χ4v) is 8.45. The second-order valence-corrected chi connectivity index (χ2v) is 14.8. The van der Waals surface area contributed by atoms with Crippen LogP contribution < -0.4 is 0 Å². The molecule has 0 amide bonds. The van der Waals surface area contributed by atoms with Gasteiger partial charge in [0, 0.05) is 49.3 Å². The largest absolute Gasteiger partial charge is 0.265 e. The minimum Gasteiger partial charge on any atom is -0.265 e. The van der Waals surface area contributed by atoms with E-state index < -0.39 is 0 Å². The molecule has 10 aromatic rings. The average Bonchev–Trinajstić information content (AvgIpc) is 3.65. The molecule has 3 aromatic heterocycles. The zero-order valence-electron chi connectivity index (χ0n) is 29.8. The van der Waals surface area contributed by atoms with Crippen LogP contribution in [0.2, 0.25) is 0 Å². The number of nitrogens with zero attached hydrogens (tertiary/aromatic N) is 3. The topological polar surface area (TPSA) is 38.7 Å². The highest BCUT2D eigenvalue weighted by atomic mass is 32.1. The standard InChI is InChI=1S/C51H33N3S/c1-3-10-34(11-4-1)39-14-9-15-40(28-39)42-29-43(41-22-23-50-46(32-41)45-16-7-8-17-49(45)55-50)31-44(30-42)48-33-47(53-51(54-48)38-12-5-2-6-13-38)37-20-18-35(19-21-37)36-24-26-52-27-25-36/h1-33H. The fraction of sp³-hybridized carbons (Fsp3) is 0. The molecule has 258 valence electrons. The van der Waals surface area contributed by atoms with Crippen molar-refractivity contribution in [2.75, 3.05) is 0 Å². The predicted molar refractivity (Wildman–Crippen MR) is 231 cm³/mol. The number of benzene rings is 7. The Morgan fingerprint density at radius 1 is 0.291 bits per heavy atom. The number of rotatable bonds is 7. The molecule has 4 heteroatoms. The summed E-state index contributed by atoms with van der Waals surface area (Å²) < 4.78 is 2.59. The van der Waals surface area contributed by atoms with Crippen LogP contribution in [-0.4, -0.2) is 15.0 Å². The van der Waals surface area contributed by atoms with Crippen LogP contribution >= 0.6 is 11.3 Å². The van der Waals surface area contributed by atoms with Gasteiger partial charge in [0.05, 0.1) is 11.4 Å². The smallest absolute Gasteiger partial charge is 0.160 e. The number of aromatic nitrogens is 3. The van der Waals surface area contributed by atoms with E-state index in [9.17, 15) is 0 Å². The third-order valence-corrected chi connectivity index (χ3v) is 11.3. The molecule has 0 unspecified atom stereocenters. The van der Waals surface area contributed by atoms with Crippen LogP contribution in [0.1, 0.15) is 0 Å². The molecule has 0 aliphatic rings. The molecule has 0 N–H and O–H groups in total. The summed E-state index contributed by atoms with van der Waals surface area (Å²) in [7, 11) is 0. The van der Waals surface area contributed by atoms with Gasteiger partial charge in [0.1, 0.15) is 0 Å². The van der Waals surface area contributed by atoms with Gasteiger partial charge in [-0.25, -0.2) is 9.97 Å². The van der Waals surface area contributed by atoms with E-state index >= 15 is 0 Å². The van der Waals surface area contributed by atoms with Crippen molar-refractivity contribution in [1.29, 1.82) is 0 Å². The van der Waals surface area contributed by atoms with Gasteiger partial charge in [-0.2, -0.15) is 0 Å². The molecule has 10 rings (SSSR count). The van der Waals surface area contributed by atoms with Crippen LogP contribution in [0.25, 0.3) is 98.6 Å². The van der Waals surface area contributed by atoms with E-state index in [0.717, 1.165) is 55.9 Å². The average molecular weight is 720 g/mol.